The second kappa shape index (κ2) is 5.69. The van der Waals surface area contributed by atoms with Crippen molar-refractivity contribution in [3.63, 3.8) is 0 Å². The fourth-order valence-corrected chi connectivity index (χ4v) is 2.81. The largest absolute Gasteiger partial charge is 0.465 e. The summed E-state index contributed by atoms with van der Waals surface area (Å²) in [6.45, 7) is 2.77. The minimum atomic E-state index is -0.493. The van der Waals surface area contributed by atoms with E-state index in [4.69, 9.17) is 4.74 Å². The van der Waals surface area contributed by atoms with Crippen LogP contribution in [-0.2, 0) is 19.1 Å². The number of esters is 1. The maximum atomic E-state index is 12.1. The smallest absolute Gasteiger partial charge is 0.323 e. The van der Waals surface area contributed by atoms with Crippen molar-refractivity contribution in [3.8, 4) is 0 Å². The predicted octanol–water partition coefficient (Wildman–Crippen LogP) is 0.161. The van der Waals surface area contributed by atoms with E-state index in [1.54, 1.807) is 6.92 Å². The van der Waals surface area contributed by atoms with Gasteiger partial charge in [0.2, 0.25) is 11.8 Å². The van der Waals surface area contributed by atoms with Crippen LogP contribution in [0.2, 0.25) is 0 Å². The molecule has 0 aliphatic carbocycles. The molecule has 19 heavy (non-hydrogen) atoms. The first kappa shape index (κ1) is 14.0. The highest BCUT2D eigenvalue weighted by Gasteiger charge is 2.44. The summed E-state index contributed by atoms with van der Waals surface area (Å²) < 4.78 is 5.07. The van der Waals surface area contributed by atoms with Gasteiger partial charge < -0.3 is 4.74 Å². The standard InChI is InChI=1S/C13H20N2O4/c1-3-19-13(18)9-6-4-5-7-15(9)10-8-11(16)14(2)12(10)17/h9-10H,3-8H2,1-2H3. The van der Waals surface area contributed by atoms with Gasteiger partial charge in [-0.2, -0.15) is 0 Å². The maximum Gasteiger partial charge on any atom is 0.323 e. The van der Waals surface area contributed by atoms with Crippen molar-refractivity contribution in [2.45, 2.75) is 44.7 Å². The fourth-order valence-electron chi connectivity index (χ4n) is 2.81. The van der Waals surface area contributed by atoms with E-state index in [2.05, 4.69) is 0 Å². The third-order valence-corrected chi connectivity index (χ3v) is 3.86. The molecule has 2 rings (SSSR count). The molecule has 2 heterocycles. The number of likely N-dealkylation sites (tertiary alicyclic amines) is 2. The van der Waals surface area contributed by atoms with Crippen LogP contribution in [0.3, 0.4) is 0 Å². The summed E-state index contributed by atoms with van der Waals surface area (Å²) in [7, 11) is 1.49. The molecule has 6 heteroatoms. The molecule has 2 aliphatic heterocycles. The maximum absolute atomic E-state index is 12.1. The highest BCUT2D eigenvalue weighted by atomic mass is 16.5. The molecule has 2 fully saturated rings. The van der Waals surface area contributed by atoms with Crippen LogP contribution in [0.25, 0.3) is 0 Å². The Morgan fingerprint density at radius 1 is 1.37 bits per heavy atom. The first-order valence-corrected chi connectivity index (χ1v) is 6.79. The van der Waals surface area contributed by atoms with E-state index >= 15 is 0 Å². The van der Waals surface area contributed by atoms with Gasteiger partial charge in [0.25, 0.3) is 0 Å². The number of piperidine rings is 1. The molecule has 2 aliphatic rings. The lowest BCUT2D eigenvalue weighted by molar-refractivity contribution is -0.153. The number of rotatable bonds is 3. The van der Waals surface area contributed by atoms with Gasteiger partial charge in [-0.3, -0.25) is 24.2 Å². The van der Waals surface area contributed by atoms with Gasteiger partial charge in [-0.1, -0.05) is 6.42 Å². The van der Waals surface area contributed by atoms with Crippen LogP contribution in [0.5, 0.6) is 0 Å². The van der Waals surface area contributed by atoms with Gasteiger partial charge in [-0.05, 0) is 26.3 Å². The monoisotopic (exact) mass is 268 g/mol. The summed E-state index contributed by atoms with van der Waals surface area (Å²) in [4.78, 5) is 38.6. The summed E-state index contributed by atoms with van der Waals surface area (Å²) in [5.74, 6) is -0.665. The SMILES string of the molecule is CCOC(=O)C1CCCCN1C1CC(=O)N(C)C1=O. The van der Waals surface area contributed by atoms with Crippen molar-refractivity contribution in [1.82, 2.24) is 9.80 Å². The molecule has 2 amide bonds. The lowest BCUT2D eigenvalue weighted by atomic mass is 9.99. The van der Waals surface area contributed by atoms with Gasteiger partial charge in [0, 0.05) is 7.05 Å². The van der Waals surface area contributed by atoms with Gasteiger partial charge in [-0.15, -0.1) is 0 Å². The molecule has 0 aromatic rings. The van der Waals surface area contributed by atoms with Crippen molar-refractivity contribution in [3.05, 3.63) is 0 Å². The topological polar surface area (TPSA) is 66.9 Å². The van der Waals surface area contributed by atoms with Crippen molar-refractivity contribution in [2.24, 2.45) is 0 Å². The number of hydrogen-bond donors (Lipinski definition) is 0. The average Bonchev–Trinajstić information content (AvgIpc) is 2.67. The molecule has 0 aromatic heterocycles. The number of hydrogen-bond acceptors (Lipinski definition) is 5. The predicted molar refractivity (Wildman–Crippen MR) is 67.2 cm³/mol. The number of carbonyl (C=O) groups excluding carboxylic acids is 3. The molecule has 0 N–H and O–H groups in total. The van der Waals surface area contributed by atoms with E-state index in [0.717, 1.165) is 17.7 Å². The number of imide groups is 1. The van der Waals surface area contributed by atoms with E-state index in [-0.39, 0.29) is 30.2 Å². The average molecular weight is 268 g/mol. The van der Waals surface area contributed by atoms with Gasteiger partial charge in [0.1, 0.15) is 6.04 Å². The Hall–Kier alpha value is -1.43. The third-order valence-electron chi connectivity index (χ3n) is 3.86. The van der Waals surface area contributed by atoms with Gasteiger partial charge in [0.05, 0.1) is 19.1 Å². The Bertz CT molecular complexity index is 396. The van der Waals surface area contributed by atoms with E-state index in [1.807, 2.05) is 4.90 Å². The second-order valence-corrected chi connectivity index (χ2v) is 5.01. The molecular formula is C13H20N2O4. The van der Waals surface area contributed by atoms with Crippen LogP contribution in [0.15, 0.2) is 0 Å². The third kappa shape index (κ3) is 2.63. The number of nitrogens with zero attached hydrogens (tertiary/aromatic N) is 2. The van der Waals surface area contributed by atoms with Crippen LogP contribution in [0, 0.1) is 0 Å². The molecule has 0 saturated carbocycles. The summed E-state index contributed by atoms with van der Waals surface area (Å²) in [6, 6.07) is -0.880. The first-order chi connectivity index (χ1) is 9.06. The van der Waals surface area contributed by atoms with E-state index in [1.165, 1.54) is 7.05 Å². The number of ether oxygens (including phenoxy) is 1. The van der Waals surface area contributed by atoms with Crippen LogP contribution in [-0.4, -0.2) is 59.9 Å². The summed E-state index contributed by atoms with van der Waals surface area (Å²) >= 11 is 0. The van der Waals surface area contributed by atoms with Crippen LogP contribution in [0.1, 0.15) is 32.6 Å². The highest BCUT2D eigenvalue weighted by molar-refractivity contribution is 6.05. The molecule has 106 valence electrons. The molecule has 2 atom stereocenters. The Kier molecular flexibility index (Phi) is 4.19. The zero-order chi connectivity index (χ0) is 14.0. The van der Waals surface area contributed by atoms with Crippen molar-refractivity contribution < 1.29 is 19.1 Å². The lowest BCUT2D eigenvalue weighted by Gasteiger charge is -2.36. The molecule has 0 aromatic carbocycles. The van der Waals surface area contributed by atoms with Gasteiger partial charge >= 0.3 is 5.97 Å². The van der Waals surface area contributed by atoms with Crippen molar-refractivity contribution in [1.29, 1.82) is 0 Å². The summed E-state index contributed by atoms with van der Waals surface area (Å²) in [5, 5.41) is 0. The Labute approximate surface area is 112 Å². The van der Waals surface area contributed by atoms with Crippen molar-refractivity contribution >= 4 is 17.8 Å². The molecule has 2 saturated heterocycles. The molecule has 2 unspecified atom stereocenters. The van der Waals surface area contributed by atoms with E-state index in [0.29, 0.717) is 19.6 Å². The number of amides is 2. The Morgan fingerprint density at radius 2 is 2.11 bits per heavy atom. The minimum Gasteiger partial charge on any atom is -0.465 e. The van der Waals surface area contributed by atoms with E-state index < -0.39 is 6.04 Å². The Morgan fingerprint density at radius 3 is 2.68 bits per heavy atom. The fraction of sp³-hybridized carbons (Fsp3) is 0.769. The van der Waals surface area contributed by atoms with Gasteiger partial charge in [0.15, 0.2) is 0 Å². The Balaban J connectivity index is 2.14. The quantitative estimate of drug-likeness (QED) is 0.539. The highest BCUT2D eigenvalue weighted by Crippen LogP contribution is 2.26. The number of carbonyl (C=O) groups is 3. The minimum absolute atomic E-state index is 0.172. The molecule has 0 radical (unpaired) electrons. The lowest BCUT2D eigenvalue weighted by Crippen LogP contribution is -2.53. The zero-order valence-electron chi connectivity index (χ0n) is 11.4. The van der Waals surface area contributed by atoms with Gasteiger partial charge in [-0.25, -0.2) is 0 Å². The zero-order valence-corrected chi connectivity index (χ0v) is 11.4. The molecule has 6 nitrogen and oxygen atoms in total. The summed E-state index contributed by atoms with van der Waals surface area (Å²) in [5.41, 5.74) is 0. The van der Waals surface area contributed by atoms with Crippen molar-refractivity contribution in [2.75, 3.05) is 20.2 Å². The molecule has 0 spiro atoms. The van der Waals surface area contributed by atoms with Crippen LogP contribution in [0.4, 0.5) is 0 Å². The number of likely N-dealkylation sites (N-methyl/N-ethyl adjacent to an activating group) is 1. The summed E-state index contributed by atoms with van der Waals surface area (Å²) in [6.07, 6.45) is 2.76. The molecular weight excluding hydrogens is 248 g/mol. The van der Waals surface area contributed by atoms with E-state index in [9.17, 15) is 14.4 Å². The first-order valence-electron chi connectivity index (χ1n) is 6.79. The molecule has 0 bridgehead atoms. The van der Waals surface area contributed by atoms with Crippen LogP contribution >= 0.6 is 0 Å². The normalized spacial score (nSPS) is 28.8. The van der Waals surface area contributed by atoms with Crippen LogP contribution < -0.4 is 0 Å². The second-order valence-electron chi connectivity index (χ2n) is 5.01.